The van der Waals surface area contributed by atoms with Gasteiger partial charge >= 0.3 is 0 Å². The van der Waals surface area contributed by atoms with E-state index in [0.29, 0.717) is 19.1 Å². The summed E-state index contributed by atoms with van der Waals surface area (Å²) in [6.07, 6.45) is 4.24. The summed E-state index contributed by atoms with van der Waals surface area (Å²) in [5, 5.41) is 0. The van der Waals surface area contributed by atoms with Crippen LogP contribution in [0, 0.1) is 5.92 Å². The molecule has 1 aliphatic heterocycles. The number of rotatable bonds is 5. The van der Waals surface area contributed by atoms with Gasteiger partial charge in [0.05, 0.1) is 12.0 Å². The first-order chi connectivity index (χ1) is 7.77. The van der Waals surface area contributed by atoms with Crippen molar-refractivity contribution in [1.29, 1.82) is 0 Å². The van der Waals surface area contributed by atoms with Gasteiger partial charge in [-0.2, -0.15) is 0 Å². The minimum Gasteiger partial charge on any atom is -0.377 e. The Morgan fingerprint density at radius 3 is 2.75 bits per heavy atom. The van der Waals surface area contributed by atoms with Crippen molar-refractivity contribution in [3.63, 3.8) is 0 Å². The van der Waals surface area contributed by atoms with Gasteiger partial charge in [0.2, 0.25) is 5.91 Å². The Labute approximate surface area is 97.1 Å². The van der Waals surface area contributed by atoms with E-state index in [2.05, 4.69) is 6.92 Å². The maximum Gasteiger partial charge on any atom is 0.228 e. The molecule has 4 nitrogen and oxygen atoms in total. The third-order valence-corrected chi connectivity index (χ3v) is 3.57. The van der Waals surface area contributed by atoms with Gasteiger partial charge in [-0.05, 0) is 25.7 Å². The van der Waals surface area contributed by atoms with Crippen molar-refractivity contribution in [2.75, 3.05) is 19.7 Å². The molecule has 2 fully saturated rings. The molecule has 0 radical (unpaired) electrons. The molecule has 1 saturated heterocycles. The highest BCUT2D eigenvalue weighted by Crippen LogP contribution is 2.32. The second-order valence-electron chi connectivity index (χ2n) is 4.76. The van der Waals surface area contributed by atoms with Gasteiger partial charge in [0.1, 0.15) is 0 Å². The summed E-state index contributed by atoms with van der Waals surface area (Å²) >= 11 is 0. The third kappa shape index (κ3) is 2.38. The van der Waals surface area contributed by atoms with Crippen molar-refractivity contribution >= 4 is 5.91 Å². The number of nitrogens with zero attached hydrogens (tertiary/aromatic N) is 1. The molecule has 2 rings (SSSR count). The fraction of sp³-hybridized carbons (Fsp3) is 0.917. The Kier molecular flexibility index (Phi) is 3.82. The number of ether oxygens (including phenoxy) is 1. The molecule has 2 N–H and O–H groups in total. The van der Waals surface area contributed by atoms with Gasteiger partial charge in [0.15, 0.2) is 0 Å². The van der Waals surface area contributed by atoms with Crippen LogP contribution in [-0.4, -0.2) is 42.6 Å². The molecule has 4 heteroatoms. The quantitative estimate of drug-likeness (QED) is 0.752. The van der Waals surface area contributed by atoms with Crippen LogP contribution in [-0.2, 0) is 9.53 Å². The highest BCUT2D eigenvalue weighted by atomic mass is 16.5. The molecule has 0 spiro atoms. The first-order valence-corrected chi connectivity index (χ1v) is 6.40. The van der Waals surface area contributed by atoms with Crippen molar-refractivity contribution < 1.29 is 9.53 Å². The first kappa shape index (κ1) is 11.9. The standard InChI is InChI=1S/C12H22N2O2/c1-2-11-10(5-8-16-11)12(15)14(7-6-13)9-3-4-9/h9-11H,2-8,13H2,1H3. The summed E-state index contributed by atoms with van der Waals surface area (Å²) in [4.78, 5) is 14.4. The van der Waals surface area contributed by atoms with Crippen LogP contribution in [0.4, 0.5) is 0 Å². The molecule has 0 bridgehead atoms. The lowest BCUT2D eigenvalue weighted by atomic mass is 9.98. The molecule has 2 atom stereocenters. The predicted molar refractivity (Wildman–Crippen MR) is 61.9 cm³/mol. The smallest absolute Gasteiger partial charge is 0.228 e. The summed E-state index contributed by atoms with van der Waals surface area (Å²) < 4.78 is 5.59. The number of carbonyl (C=O) groups is 1. The van der Waals surface area contributed by atoms with Crippen LogP contribution in [0.15, 0.2) is 0 Å². The summed E-state index contributed by atoms with van der Waals surface area (Å²) in [6, 6.07) is 0.467. The predicted octanol–water partition coefficient (Wildman–Crippen LogP) is 0.751. The third-order valence-electron chi connectivity index (χ3n) is 3.57. The fourth-order valence-electron chi connectivity index (χ4n) is 2.54. The Balaban J connectivity index is 1.98. The van der Waals surface area contributed by atoms with E-state index in [-0.39, 0.29) is 17.9 Å². The Hall–Kier alpha value is -0.610. The van der Waals surface area contributed by atoms with E-state index in [1.165, 1.54) is 0 Å². The van der Waals surface area contributed by atoms with Gasteiger partial charge in [0.25, 0.3) is 0 Å². The van der Waals surface area contributed by atoms with Crippen LogP contribution in [0.5, 0.6) is 0 Å². The number of carbonyl (C=O) groups excluding carboxylic acids is 1. The molecule has 2 unspecified atom stereocenters. The van der Waals surface area contributed by atoms with E-state index in [1.54, 1.807) is 0 Å². The van der Waals surface area contributed by atoms with E-state index in [1.807, 2.05) is 4.90 Å². The number of hydrogen-bond acceptors (Lipinski definition) is 3. The maximum atomic E-state index is 12.4. The molecule has 1 amide bonds. The average Bonchev–Trinajstić information content (AvgIpc) is 3.01. The summed E-state index contributed by atoms with van der Waals surface area (Å²) in [5.74, 6) is 0.356. The van der Waals surface area contributed by atoms with Crippen LogP contribution in [0.1, 0.15) is 32.6 Å². The summed E-state index contributed by atoms with van der Waals surface area (Å²) in [5.41, 5.74) is 5.57. The largest absolute Gasteiger partial charge is 0.377 e. The molecule has 16 heavy (non-hydrogen) atoms. The average molecular weight is 226 g/mol. The van der Waals surface area contributed by atoms with Gasteiger partial charge < -0.3 is 15.4 Å². The zero-order valence-corrected chi connectivity index (χ0v) is 10.0. The second-order valence-corrected chi connectivity index (χ2v) is 4.76. The zero-order valence-electron chi connectivity index (χ0n) is 10.0. The molecule has 0 aromatic rings. The molecule has 0 aromatic heterocycles. The number of nitrogens with two attached hydrogens (primary N) is 1. The van der Waals surface area contributed by atoms with Crippen molar-refractivity contribution in [2.45, 2.75) is 44.8 Å². The van der Waals surface area contributed by atoms with E-state index in [0.717, 1.165) is 32.3 Å². The molecule has 1 heterocycles. The first-order valence-electron chi connectivity index (χ1n) is 6.40. The fourth-order valence-corrected chi connectivity index (χ4v) is 2.54. The van der Waals surface area contributed by atoms with E-state index >= 15 is 0 Å². The summed E-state index contributed by atoms with van der Waals surface area (Å²) in [6.45, 7) is 4.08. The van der Waals surface area contributed by atoms with Gasteiger partial charge in [-0.1, -0.05) is 6.92 Å². The monoisotopic (exact) mass is 226 g/mol. The van der Waals surface area contributed by atoms with Crippen molar-refractivity contribution in [2.24, 2.45) is 11.7 Å². The molecular weight excluding hydrogens is 204 g/mol. The Morgan fingerprint density at radius 1 is 1.44 bits per heavy atom. The van der Waals surface area contributed by atoms with Crippen LogP contribution in [0.3, 0.4) is 0 Å². The normalized spacial score (nSPS) is 29.4. The lowest BCUT2D eigenvalue weighted by Gasteiger charge is -2.27. The molecule has 0 aromatic carbocycles. The highest BCUT2D eigenvalue weighted by Gasteiger charge is 2.40. The molecule has 2 aliphatic rings. The Morgan fingerprint density at radius 2 is 2.19 bits per heavy atom. The van der Waals surface area contributed by atoms with Crippen molar-refractivity contribution in [3.05, 3.63) is 0 Å². The van der Waals surface area contributed by atoms with Crippen LogP contribution < -0.4 is 5.73 Å². The number of amides is 1. The lowest BCUT2D eigenvalue weighted by molar-refractivity contribution is -0.137. The minimum absolute atomic E-state index is 0.0807. The molecular formula is C12H22N2O2. The van der Waals surface area contributed by atoms with Crippen molar-refractivity contribution in [3.8, 4) is 0 Å². The maximum absolute atomic E-state index is 12.4. The summed E-state index contributed by atoms with van der Waals surface area (Å²) in [7, 11) is 0. The Bertz CT molecular complexity index is 249. The molecule has 1 aliphatic carbocycles. The van der Waals surface area contributed by atoms with E-state index in [4.69, 9.17) is 10.5 Å². The lowest BCUT2D eigenvalue weighted by Crippen LogP contribution is -2.43. The topological polar surface area (TPSA) is 55.6 Å². The number of hydrogen-bond donors (Lipinski definition) is 1. The highest BCUT2D eigenvalue weighted by molar-refractivity contribution is 5.80. The molecule has 1 saturated carbocycles. The molecule has 92 valence electrons. The van der Waals surface area contributed by atoms with Crippen LogP contribution >= 0.6 is 0 Å². The van der Waals surface area contributed by atoms with Crippen LogP contribution in [0.25, 0.3) is 0 Å². The van der Waals surface area contributed by atoms with E-state index < -0.39 is 0 Å². The second kappa shape index (κ2) is 5.15. The van der Waals surface area contributed by atoms with Crippen molar-refractivity contribution in [1.82, 2.24) is 4.90 Å². The zero-order chi connectivity index (χ0) is 11.5. The minimum atomic E-state index is 0.0807. The SMILES string of the molecule is CCC1OCCC1C(=O)N(CCN)C1CC1. The van der Waals surface area contributed by atoms with Gasteiger partial charge in [-0.3, -0.25) is 4.79 Å². The van der Waals surface area contributed by atoms with Crippen LogP contribution in [0.2, 0.25) is 0 Å². The van der Waals surface area contributed by atoms with Gasteiger partial charge in [0, 0.05) is 25.7 Å². The van der Waals surface area contributed by atoms with Gasteiger partial charge in [-0.15, -0.1) is 0 Å². The van der Waals surface area contributed by atoms with Gasteiger partial charge in [-0.25, -0.2) is 0 Å². The van der Waals surface area contributed by atoms with E-state index in [9.17, 15) is 4.79 Å².